The maximum absolute atomic E-state index is 12.5. The summed E-state index contributed by atoms with van der Waals surface area (Å²) in [5, 5.41) is 11.7. The molecule has 1 saturated heterocycles. The van der Waals surface area contributed by atoms with E-state index >= 15 is 0 Å². The van der Waals surface area contributed by atoms with Crippen molar-refractivity contribution >= 4 is 23.5 Å². The monoisotopic (exact) mass is 312 g/mol. The molecule has 1 unspecified atom stereocenters. The predicted octanol–water partition coefficient (Wildman–Crippen LogP) is 3.18. The summed E-state index contributed by atoms with van der Waals surface area (Å²) in [7, 11) is 1.99. The van der Waals surface area contributed by atoms with E-state index in [0.29, 0.717) is 11.3 Å². The lowest BCUT2D eigenvalue weighted by molar-refractivity contribution is 0.213. The van der Waals surface area contributed by atoms with Gasteiger partial charge in [-0.3, -0.25) is 0 Å². The van der Waals surface area contributed by atoms with Crippen molar-refractivity contribution < 1.29 is 4.79 Å². The number of thioether (sulfide) groups is 1. The zero-order valence-corrected chi connectivity index (χ0v) is 13.0. The van der Waals surface area contributed by atoms with Crippen LogP contribution in [-0.4, -0.2) is 27.8 Å². The van der Waals surface area contributed by atoms with Crippen molar-refractivity contribution in [3.8, 4) is 6.07 Å². The standard InChI is InChI=1S/C16H16N4OS/c1-19-8-2-3-14(19)15-20(9-10-22-15)16(21)18-13-6-4-12(11-17)5-7-13/h2-8,15H,9-10H2,1H3,(H,18,21). The Hall–Kier alpha value is -2.39. The van der Waals surface area contributed by atoms with Crippen LogP contribution in [0.25, 0.3) is 0 Å². The highest BCUT2D eigenvalue weighted by Gasteiger charge is 2.32. The molecule has 1 fully saturated rings. The second kappa shape index (κ2) is 6.16. The molecule has 1 aromatic carbocycles. The average molecular weight is 312 g/mol. The number of amides is 2. The molecule has 0 bridgehead atoms. The summed E-state index contributed by atoms with van der Waals surface area (Å²) < 4.78 is 2.05. The first-order chi connectivity index (χ1) is 10.7. The summed E-state index contributed by atoms with van der Waals surface area (Å²) in [5.41, 5.74) is 2.40. The van der Waals surface area contributed by atoms with Gasteiger partial charge in [-0.2, -0.15) is 5.26 Å². The van der Waals surface area contributed by atoms with E-state index in [1.165, 1.54) is 0 Å². The quantitative estimate of drug-likeness (QED) is 0.926. The van der Waals surface area contributed by atoms with Crippen LogP contribution < -0.4 is 5.32 Å². The van der Waals surface area contributed by atoms with Gasteiger partial charge >= 0.3 is 6.03 Å². The minimum Gasteiger partial charge on any atom is -0.352 e. The fraction of sp³-hybridized carbons (Fsp3) is 0.250. The molecule has 6 heteroatoms. The third-order valence-corrected chi connectivity index (χ3v) is 4.88. The smallest absolute Gasteiger partial charge is 0.323 e. The second-order valence-electron chi connectivity index (χ2n) is 5.08. The third-order valence-electron chi connectivity index (χ3n) is 3.65. The number of hydrogen-bond donors (Lipinski definition) is 1. The summed E-state index contributed by atoms with van der Waals surface area (Å²) in [6, 6.07) is 12.9. The number of hydrogen-bond acceptors (Lipinski definition) is 3. The number of carbonyl (C=O) groups is 1. The van der Waals surface area contributed by atoms with Crippen molar-refractivity contribution in [2.75, 3.05) is 17.6 Å². The molecule has 22 heavy (non-hydrogen) atoms. The number of nitriles is 1. The molecule has 2 heterocycles. The van der Waals surface area contributed by atoms with Crippen molar-refractivity contribution in [1.29, 1.82) is 5.26 Å². The Balaban J connectivity index is 1.73. The van der Waals surface area contributed by atoms with Crippen molar-refractivity contribution in [2.24, 2.45) is 7.05 Å². The van der Waals surface area contributed by atoms with Crippen molar-refractivity contribution in [2.45, 2.75) is 5.37 Å². The lowest BCUT2D eigenvalue weighted by Gasteiger charge is -2.24. The number of rotatable bonds is 2. The Kier molecular flexibility index (Phi) is 4.07. The SMILES string of the molecule is Cn1cccc1C1SCCN1C(=O)Nc1ccc(C#N)cc1. The Morgan fingerprint density at radius 2 is 2.14 bits per heavy atom. The van der Waals surface area contributed by atoms with Crippen LogP contribution in [0, 0.1) is 11.3 Å². The van der Waals surface area contributed by atoms with Gasteiger partial charge in [-0.1, -0.05) is 0 Å². The zero-order valence-electron chi connectivity index (χ0n) is 12.2. The molecule has 1 aliphatic rings. The van der Waals surface area contributed by atoms with Crippen LogP contribution in [0.3, 0.4) is 0 Å². The van der Waals surface area contributed by atoms with Gasteiger partial charge in [0.1, 0.15) is 5.37 Å². The molecule has 112 valence electrons. The predicted molar refractivity (Wildman–Crippen MR) is 87.5 cm³/mol. The van der Waals surface area contributed by atoms with Gasteiger partial charge in [0.25, 0.3) is 0 Å². The molecular weight excluding hydrogens is 296 g/mol. The first-order valence-electron chi connectivity index (χ1n) is 6.99. The number of nitrogens with one attached hydrogen (secondary N) is 1. The van der Waals surface area contributed by atoms with E-state index < -0.39 is 0 Å². The van der Waals surface area contributed by atoms with Gasteiger partial charge in [0.2, 0.25) is 0 Å². The van der Waals surface area contributed by atoms with Gasteiger partial charge in [0.05, 0.1) is 17.3 Å². The number of anilines is 1. The van der Waals surface area contributed by atoms with Crippen LogP contribution in [0.2, 0.25) is 0 Å². The fourth-order valence-electron chi connectivity index (χ4n) is 2.48. The van der Waals surface area contributed by atoms with E-state index in [2.05, 4.69) is 11.4 Å². The molecule has 0 saturated carbocycles. The van der Waals surface area contributed by atoms with Gasteiger partial charge < -0.3 is 14.8 Å². The van der Waals surface area contributed by atoms with Crippen LogP contribution in [0.5, 0.6) is 0 Å². The van der Waals surface area contributed by atoms with Gasteiger partial charge in [-0.05, 0) is 36.4 Å². The average Bonchev–Trinajstić information content (AvgIpc) is 3.16. The lowest BCUT2D eigenvalue weighted by Crippen LogP contribution is -2.34. The van der Waals surface area contributed by atoms with E-state index in [1.54, 1.807) is 36.0 Å². The highest BCUT2D eigenvalue weighted by molar-refractivity contribution is 7.99. The van der Waals surface area contributed by atoms with Gasteiger partial charge in [0, 0.05) is 31.2 Å². The number of aromatic nitrogens is 1. The van der Waals surface area contributed by atoms with Crippen molar-refractivity contribution in [3.63, 3.8) is 0 Å². The zero-order chi connectivity index (χ0) is 15.5. The number of carbonyl (C=O) groups excluding carboxylic acids is 1. The Morgan fingerprint density at radius 1 is 1.36 bits per heavy atom. The van der Waals surface area contributed by atoms with Gasteiger partial charge in [-0.25, -0.2) is 4.79 Å². The molecule has 3 rings (SSSR count). The number of urea groups is 1. The van der Waals surface area contributed by atoms with E-state index in [0.717, 1.165) is 18.0 Å². The number of benzene rings is 1. The Morgan fingerprint density at radius 3 is 2.77 bits per heavy atom. The number of aryl methyl sites for hydroxylation is 1. The first kappa shape index (κ1) is 14.5. The molecule has 2 amide bonds. The summed E-state index contributed by atoms with van der Waals surface area (Å²) >= 11 is 1.77. The van der Waals surface area contributed by atoms with Crippen LogP contribution in [-0.2, 0) is 7.05 Å². The largest absolute Gasteiger partial charge is 0.352 e. The normalized spacial score (nSPS) is 17.3. The van der Waals surface area contributed by atoms with E-state index in [9.17, 15) is 4.79 Å². The summed E-state index contributed by atoms with van der Waals surface area (Å²) in [5.74, 6) is 0.927. The van der Waals surface area contributed by atoms with Crippen LogP contribution in [0.1, 0.15) is 16.6 Å². The van der Waals surface area contributed by atoms with Gasteiger partial charge in [0.15, 0.2) is 0 Å². The molecule has 0 radical (unpaired) electrons. The maximum atomic E-state index is 12.5. The molecule has 0 spiro atoms. The van der Waals surface area contributed by atoms with E-state index in [4.69, 9.17) is 5.26 Å². The highest BCUT2D eigenvalue weighted by atomic mass is 32.2. The van der Waals surface area contributed by atoms with Crippen LogP contribution in [0.15, 0.2) is 42.6 Å². The van der Waals surface area contributed by atoms with Crippen LogP contribution >= 0.6 is 11.8 Å². The van der Waals surface area contributed by atoms with Crippen LogP contribution in [0.4, 0.5) is 10.5 Å². The second-order valence-corrected chi connectivity index (χ2v) is 6.27. The Labute approximate surface area is 133 Å². The minimum absolute atomic E-state index is 0.0402. The van der Waals surface area contributed by atoms with E-state index in [1.807, 2.05) is 34.8 Å². The van der Waals surface area contributed by atoms with Crippen molar-refractivity contribution in [3.05, 3.63) is 53.9 Å². The topological polar surface area (TPSA) is 61.1 Å². The summed E-state index contributed by atoms with van der Waals surface area (Å²) in [6.07, 6.45) is 1.99. The Bertz CT molecular complexity index is 716. The molecule has 1 N–H and O–H groups in total. The minimum atomic E-state index is -0.110. The molecular formula is C16H16N4OS. The fourth-order valence-corrected chi connectivity index (χ4v) is 3.80. The van der Waals surface area contributed by atoms with Crippen molar-refractivity contribution in [1.82, 2.24) is 9.47 Å². The number of nitrogens with zero attached hydrogens (tertiary/aromatic N) is 3. The molecule has 1 aliphatic heterocycles. The maximum Gasteiger partial charge on any atom is 0.323 e. The molecule has 0 aliphatic carbocycles. The lowest BCUT2D eigenvalue weighted by atomic mass is 10.2. The summed E-state index contributed by atoms with van der Waals surface area (Å²) in [6.45, 7) is 0.725. The first-order valence-corrected chi connectivity index (χ1v) is 8.04. The third kappa shape index (κ3) is 2.81. The molecule has 2 aromatic rings. The molecule has 5 nitrogen and oxygen atoms in total. The summed E-state index contributed by atoms with van der Waals surface area (Å²) in [4.78, 5) is 14.4. The molecule has 1 atom stereocenters. The highest BCUT2D eigenvalue weighted by Crippen LogP contribution is 2.38. The van der Waals surface area contributed by atoms with Gasteiger partial charge in [-0.15, -0.1) is 11.8 Å². The van der Waals surface area contributed by atoms with E-state index in [-0.39, 0.29) is 11.4 Å². The molecule has 1 aromatic heterocycles.